The summed E-state index contributed by atoms with van der Waals surface area (Å²) in [6.45, 7) is 6.34. The third-order valence-electron chi connectivity index (χ3n) is 4.89. The normalized spacial score (nSPS) is 14.8. The van der Waals surface area contributed by atoms with Gasteiger partial charge in [0.15, 0.2) is 5.69 Å². The highest BCUT2D eigenvalue weighted by atomic mass is 35.5. The molecule has 1 aliphatic heterocycles. The van der Waals surface area contributed by atoms with Crippen LogP contribution >= 0.6 is 23.4 Å². The molecule has 1 aromatic heterocycles. The van der Waals surface area contributed by atoms with Crippen LogP contribution in [-0.2, 0) is 4.79 Å². The zero-order valence-electron chi connectivity index (χ0n) is 18.0. The molecule has 0 saturated carbocycles. The predicted octanol–water partition coefficient (Wildman–Crippen LogP) is 5.54. The van der Waals surface area contributed by atoms with E-state index in [2.05, 4.69) is 15.2 Å². The van der Waals surface area contributed by atoms with E-state index in [1.807, 2.05) is 51.1 Å². The quantitative estimate of drug-likeness (QED) is 0.438. The minimum Gasteiger partial charge on any atom is -0.494 e. The van der Waals surface area contributed by atoms with Crippen molar-refractivity contribution in [3.8, 4) is 22.9 Å². The van der Waals surface area contributed by atoms with Gasteiger partial charge in [0.1, 0.15) is 5.75 Å². The topological polar surface area (TPSA) is 77.4 Å². The molecular formula is C23H23ClN4O3S. The van der Waals surface area contributed by atoms with Gasteiger partial charge in [0, 0.05) is 22.6 Å². The van der Waals surface area contributed by atoms with Gasteiger partial charge in [-0.3, -0.25) is 9.69 Å². The summed E-state index contributed by atoms with van der Waals surface area (Å²) < 4.78 is 11.9. The molecule has 9 heteroatoms. The summed E-state index contributed by atoms with van der Waals surface area (Å²) in [7, 11) is 0. The van der Waals surface area contributed by atoms with Crippen molar-refractivity contribution >= 4 is 35.0 Å². The molecule has 4 rings (SSSR count). The van der Waals surface area contributed by atoms with E-state index in [4.69, 9.17) is 21.1 Å². The summed E-state index contributed by atoms with van der Waals surface area (Å²) in [5, 5.41) is 9.65. The van der Waals surface area contributed by atoms with Gasteiger partial charge in [0.05, 0.1) is 12.3 Å². The van der Waals surface area contributed by atoms with Gasteiger partial charge in [-0.1, -0.05) is 37.2 Å². The first kappa shape index (κ1) is 22.4. The lowest BCUT2D eigenvalue weighted by Crippen LogP contribution is -2.37. The summed E-state index contributed by atoms with van der Waals surface area (Å²) in [6, 6.07) is 12.8. The molecule has 0 unspecified atom stereocenters. The zero-order valence-corrected chi connectivity index (χ0v) is 19.6. The molecule has 3 aromatic rings. The molecule has 0 bridgehead atoms. The Morgan fingerprint density at radius 2 is 1.94 bits per heavy atom. The maximum absolute atomic E-state index is 13.2. The lowest BCUT2D eigenvalue weighted by Gasteiger charge is -2.30. The van der Waals surface area contributed by atoms with Crippen LogP contribution < -0.4 is 14.4 Å². The number of carbonyl (C=O) groups excluding carboxylic acids is 1. The lowest BCUT2D eigenvalue weighted by atomic mass is 10.1. The molecule has 0 radical (unpaired) electrons. The van der Waals surface area contributed by atoms with Crippen LogP contribution in [0.25, 0.3) is 11.3 Å². The molecule has 166 valence electrons. The van der Waals surface area contributed by atoms with E-state index in [9.17, 15) is 4.79 Å². The van der Waals surface area contributed by atoms with Crippen LogP contribution in [0, 0.1) is 0 Å². The molecule has 2 heterocycles. The smallest absolute Gasteiger partial charge is 0.247 e. The van der Waals surface area contributed by atoms with Crippen molar-refractivity contribution in [1.29, 1.82) is 0 Å². The van der Waals surface area contributed by atoms with Crippen molar-refractivity contribution in [3.05, 3.63) is 53.1 Å². The van der Waals surface area contributed by atoms with E-state index >= 15 is 0 Å². The fraction of sp³-hybridized carbons (Fsp3) is 0.304. The molecule has 7 nitrogen and oxygen atoms in total. The molecule has 32 heavy (non-hydrogen) atoms. The number of anilines is 1. The maximum atomic E-state index is 13.2. The van der Waals surface area contributed by atoms with Crippen molar-refractivity contribution < 1.29 is 14.3 Å². The Labute approximate surface area is 196 Å². The number of fused-ring (bicyclic) bond motifs is 3. The van der Waals surface area contributed by atoms with Crippen molar-refractivity contribution in [1.82, 2.24) is 15.2 Å². The number of nitrogens with zero attached hydrogens (tertiary/aromatic N) is 4. The predicted molar refractivity (Wildman–Crippen MR) is 125 cm³/mol. The van der Waals surface area contributed by atoms with Crippen LogP contribution in [0.2, 0.25) is 5.02 Å². The van der Waals surface area contributed by atoms with Gasteiger partial charge in [-0.05, 0) is 55.1 Å². The molecule has 1 atom stereocenters. The fourth-order valence-corrected chi connectivity index (χ4v) is 4.16. The number of aromatic nitrogens is 3. The first-order chi connectivity index (χ1) is 15.5. The molecule has 2 aromatic carbocycles. The van der Waals surface area contributed by atoms with E-state index < -0.39 is 6.23 Å². The van der Waals surface area contributed by atoms with Crippen LogP contribution in [0.4, 0.5) is 5.69 Å². The number of amides is 1. The summed E-state index contributed by atoms with van der Waals surface area (Å²) in [5.41, 5.74) is 2.53. The fourth-order valence-electron chi connectivity index (χ4n) is 3.48. The monoisotopic (exact) mass is 470 g/mol. The molecule has 1 amide bonds. The minimum atomic E-state index is -0.740. The molecule has 0 aliphatic carbocycles. The Kier molecular flexibility index (Phi) is 6.81. The molecule has 0 saturated heterocycles. The Balaban J connectivity index is 1.91. The lowest BCUT2D eigenvalue weighted by molar-refractivity contribution is -0.120. The molecule has 0 spiro atoms. The van der Waals surface area contributed by atoms with Gasteiger partial charge in [0.25, 0.3) is 0 Å². The average Bonchev–Trinajstić information content (AvgIpc) is 2.93. The largest absolute Gasteiger partial charge is 0.494 e. The zero-order chi connectivity index (χ0) is 22.7. The highest BCUT2D eigenvalue weighted by Crippen LogP contribution is 2.44. The molecule has 1 aliphatic rings. The highest BCUT2D eigenvalue weighted by Gasteiger charge is 2.35. The number of hydrogen-bond acceptors (Lipinski definition) is 7. The number of halogens is 1. The van der Waals surface area contributed by atoms with E-state index in [0.29, 0.717) is 46.0 Å². The third-order valence-corrected chi connectivity index (χ3v) is 5.84. The van der Waals surface area contributed by atoms with E-state index in [1.165, 1.54) is 11.8 Å². The second kappa shape index (κ2) is 9.75. The van der Waals surface area contributed by atoms with Crippen LogP contribution in [-0.4, -0.2) is 33.4 Å². The van der Waals surface area contributed by atoms with Crippen LogP contribution in [0.5, 0.6) is 11.6 Å². The van der Waals surface area contributed by atoms with Gasteiger partial charge in [0.2, 0.25) is 23.2 Å². The van der Waals surface area contributed by atoms with Gasteiger partial charge < -0.3 is 9.47 Å². The second-order valence-corrected chi connectivity index (χ2v) is 8.60. The van der Waals surface area contributed by atoms with E-state index in [-0.39, 0.29) is 5.91 Å². The number of hydrogen-bond donors (Lipinski definition) is 0. The van der Waals surface area contributed by atoms with Crippen LogP contribution in [0.15, 0.2) is 47.6 Å². The van der Waals surface area contributed by atoms with Gasteiger partial charge in [-0.15, -0.1) is 10.2 Å². The second-order valence-electron chi connectivity index (χ2n) is 6.93. The van der Waals surface area contributed by atoms with Crippen molar-refractivity contribution in [3.63, 3.8) is 0 Å². The number of carbonyl (C=O) groups is 1. The van der Waals surface area contributed by atoms with Gasteiger partial charge >= 0.3 is 0 Å². The van der Waals surface area contributed by atoms with Gasteiger partial charge in [-0.25, -0.2) is 0 Å². The Morgan fingerprint density at radius 1 is 1.16 bits per heavy atom. The van der Waals surface area contributed by atoms with E-state index in [1.54, 1.807) is 17.0 Å². The standard InChI is InChI=1S/C23H23ClN4O3S/c1-4-19(29)28-18-12-9-15(24)13-17(18)20-21(25-23(27-26-20)32-6-3)31-22(28)14-7-10-16(11-8-14)30-5-2/h7-13,22H,4-6H2,1-3H3/t22-/m1/s1. The molecule has 0 fully saturated rings. The van der Waals surface area contributed by atoms with Gasteiger partial charge in [-0.2, -0.15) is 4.98 Å². The first-order valence-corrected chi connectivity index (χ1v) is 11.8. The summed E-state index contributed by atoms with van der Waals surface area (Å²) in [5.74, 6) is 1.75. The number of ether oxygens (including phenoxy) is 2. The first-order valence-electron chi connectivity index (χ1n) is 10.4. The summed E-state index contributed by atoms with van der Waals surface area (Å²) in [4.78, 5) is 19.4. The Bertz CT molecular complexity index is 1130. The number of benzene rings is 2. The van der Waals surface area contributed by atoms with E-state index in [0.717, 1.165) is 17.1 Å². The van der Waals surface area contributed by atoms with Crippen LogP contribution in [0.1, 0.15) is 39.0 Å². The molecule has 0 N–H and O–H groups in total. The minimum absolute atomic E-state index is 0.101. The van der Waals surface area contributed by atoms with Crippen molar-refractivity contribution in [2.75, 3.05) is 17.3 Å². The summed E-state index contributed by atoms with van der Waals surface area (Å²) >= 11 is 7.78. The van der Waals surface area contributed by atoms with Crippen LogP contribution in [0.3, 0.4) is 0 Å². The maximum Gasteiger partial charge on any atom is 0.247 e. The number of thioether (sulfide) groups is 1. The third kappa shape index (κ3) is 4.38. The van der Waals surface area contributed by atoms with Crippen molar-refractivity contribution in [2.45, 2.75) is 38.6 Å². The molecular weight excluding hydrogens is 448 g/mol. The van der Waals surface area contributed by atoms with Crippen molar-refractivity contribution in [2.24, 2.45) is 0 Å². The Morgan fingerprint density at radius 3 is 2.62 bits per heavy atom. The average molecular weight is 471 g/mol. The highest BCUT2D eigenvalue weighted by molar-refractivity contribution is 7.99. The summed E-state index contributed by atoms with van der Waals surface area (Å²) in [6.07, 6.45) is -0.443. The SMILES string of the molecule is CCOc1ccc([C@H]2Oc3nc(SCC)nnc3-c3cc(Cl)ccc3N2C(=O)CC)cc1. The number of rotatable bonds is 6. The Hall–Kier alpha value is -2.84.